The van der Waals surface area contributed by atoms with Crippen LogP contribution >= 0.6 is 0 Å². The second kappa shape index (κ2) is 4.49. The van der Waals surface area contributed by atoms with E-state index in [4.69, 9.17) is 0 Å². The molecule has 0 atom stereocenters. The molecule has 1 aliphatic carbocycles. The van der Waals surface area contributed by atoms with Crippen LogP contribution in [0.15, 0.2) is 0 Å². The molecule has 2 fully saturated rings. The number of hydrogen-bond donors (Lipinski definition) is 3. The van der Waals surface area contributed by atoms with Gasteiger partial charge >= 0.3 is 0 Å². The van der Waals surface area contributed by atoms with E-state index in [0.717, 1.165) is 25.9 Å². The van der Waals surface area contributed by atoms with E-state index in [1.807, 2.05) is 0 Å². The van der Waals surface area contributed by atoms with Crippen molar-refractivity contribution >= 4 is 5.91 Å². The van der Waals surface area contributed by atoms with Crippen molar-refractivity contribution in [2.24, 2.45) is 11.3 Å². The monoisotopic (exact) mass is 212 g/mol. The Balaban J connectivity index is 1.77. The zero-order valence-electron chi connectivity index (χ0n) is 9.09. The van der Waals surface area contributed by atoms with E-state index in [0.29, 0.717) is 6.54 Å². The van der Waals surface area contributed by atoms with Gasteiger partial charge in [-0.05, 0) is 12.8 Å². The van der Waals surface area contributed by atoms with Crippen molar-refractivity contribution in [1.29, 1.82) is 0 Å². The van der Waals surface area contributed by atoms with Gasteiger partial charge in [0.1, 0.15) is 0 Å². The molecular weight excluding hydrogens is 192 g/mol. The Hall–Kier alpha value is -0.610. The highest BCUT2D eigenvalue weighted by Gasteiger charge is 2.34. The first-order valence-electron chi connectivity index (χ1n) is 5.85. The van der Waals surface area contributed by atoms with E-state index in [1.165, 1.54) is 12.8 Å². The summed E-state index contributed by atoms with van der Waals surface area (Å²) in [6, 6.07) is 0. The lowest BCUT2D eigenvalue weighted by molar-refractivity contribution is -0.127. The van der Waals surface area contributed by atoms with Crippen molar-refractivity contribution in [1.82, 2.24) is 10.6 Å². The van der Waals surface area contributed by atoms with Gasteiger partial charge in [0, 0.05) is 25.0 Å². The molecule has 2 aliphatic rings. The summed E-state index contributed by atoms with van der Waals surface area (Å²) in [5.41, 5.74) is -0.0210. The minimum atomic E-state index is -0.0210. The maximum Gasteiger partial charge on any atom is 0.225 e. The molecule has 1 heterocycles. The van der Waals surface area contributed by atoms with Crippen LogP contribution in [-0.4, -0.2) is 37.3 Å². The zero-order chi connectivity index (χ0) is 10.7. The largest absolute Gasteiger partial charge is 0.396 e. The Labute approximate surface area is 90.4 Å². The standard InChI is InChI=1S/C11H20N2O2/c14-8-11(3-1-2-4-11)7-13-10(15)9-5-12-6-9/h9,12,14H,1-8H2,(H,13,15). The third-order valence-electron chi connectivity index (χ3n) is 3.79. The van der Waals surface area contributed by atoms with Crippen LogP contribution in [0.3, 0.4) is 0 Å². The summed E-state index contributed by atoms with van der Waals surface area (Å²) in [4.78, 5) is 11.6. The van der Waals surface area contributed by atoms with E-state index >= 15 is 0 Å². The molecule has 0 aromatic carbocycles. The molecule has 4 heteroatoms. The molecule has 1 saturated carbocycles. The number of aliphatic hydroxyl groups excluding tert-OH is 1. The van der Waals surface area contributed by atoms with Gasteiger partial charge in [-0.3, -0.25) is 4.79 Å². The summed E-state index contributed by atoms with van der Waals surface area (Å²) in [7, 11) is 0. The van der Waals surface area contributed by atoms with Crippen molar-refractivity contribution in [2.75, 3.05) is 26.2 Å². The zero-order valence-corrected chi connectivity index (χ0v) is 9.09. The smallest absolute Gasteiger partial charge is 0.225 e. The fourth-order valence-corrected chi connectivity index (χ4v) is 2.41. The number of nitrogens with one attached hydrogen (secondary N) is 2. The van der Waals surface area contributed by atoms with Gasteiger partial charge in [-0.25, -0.2) is 0 Å². The van der Waals surface area contributed by atoms with Crippen LogP contribution in [0.2, 0.25) is 0 Å². The summed E-state index contributed by atoms with van der Waals surface area (Å²) < 4.78 is 0. The third kappa shape index (κ3) is 2.32. The fraction of sp³-hybridized carbons (Fsp3) is 0.909. The van der Waals surface area contributed by atoms with Gasteiger partial charge in [0.15, 0.2) is 0 Å². The van der Waals surface area contributed by atoms with Crippen LogP contribution in [0.25, 0.3) is 0 Å². The summed E-state index contributed by atoms with van der Waals surface area (Å²) in [6.45, 7) is 2.46. The van der Waals surface area contributed by atoms with E-state index < -0.39 is 0 Å². The number of hydrogen-bond acceptors (Lipinski definition) is 3. The second-order valence-corrected chi connectivity index (χ2v) is 4.94. The average molecular weight is 212 g/mol. The third-order valence-corrected chi connectivity index (χ3v) is 3.79. The Morgan fingerprint density at radius 2 is 2.07 bits per heavy atom. The normalized spacial score (nSPS) is 24.9. The highest BCUT2D eigenvalue weighted by Crippen LogP contribution is 2.36. The predicted octanol–water partition coefficient (Wildman–Crippen LogP) is -0.125. The number of carbonyl (C=O) groups is 1. The first-order chi connectivity index (χ1) is 7.26. The van der Waals surface area contributed by atoms with Crippen LogP contribution < -0.4 is 10.6 Å². The minimum absolute atomic E-state index is 0.0210. The first kappa shape index (κ1) is 10.9. The van der Waals surface area contributed by atoms with Crippen molar-refractivity contribution in [3.05, 3.63) is 0 Å². The lowest BCUT2D eigenvalue weighted by Gasteiger charge is -2.30. The Kier molecular flexibility index (Phi) is 3.26. The van der Waals surface area contributed by atoms with E-state index in [-0.39, 0.29) is 23.8 Å². The average Bonchev–Trinajstić information content (AvgIpc) is 2.61. The summed E-state index contributed by atoms with van der Waals surface area (Å²) in [5.74, 6) is 0.302. The molecule has 1 saturated heterocycles. The number of amides is 1. The molecule has 15 heavy (non-hydrogen) atoms. The molecule has 0 unspecified atom stereocenters. The van der Waals surface area contributed by atoms with E-state index in [9.17, 15) is 9.90 Å². The van der Waals surface area contributed by atoms with Crippen LogP contribution in [-0.2, 0) is 4.79 Å². The highest BCUT2D eigenvalue weighted by molar-refractivity contribution is 5.80. The SMILES string of the molecule is O=C(NCC1(CO)CCCC1)C1CNC1. The number of rotatable bonds is 4. The molecule has 1 aliphatic heterocycles. The maximum atomic E-state index is 11.6. The molecule has 3 N–H and O–H groups in total. The Bertz CT molecular complexity index is 233. The van der Waals surface area contributed by atoms with Gasteiger partial charge in [-0.15, -0.1) is 0 Å². The van der Waals surface area contributed by atoms with Gasteiger partial charge < -0.3 is 15.7 Å². The lowest BCUT2D eigenvalue weighted by atomic mass is 9.87. The van der Waals surface area contributed by atoms with Crippen LogP contribution in [0.4, 0.5) is 0 Å². The van der Waals surface area contributed by atoms with Crippen molar-refractivity contribution in [3.8, 4) is 0 Å². The second-order valence-electron chi connectivity index (χ2n) is 4.94. The van der Waals surface area contributed by atoms with Gasteiger partial charge in [-0.2, -0.15) is 0 Å². The first-order valence-corrected chi connectivity index (χ1v) is 5.85. The molecule has 86 valence electrons. The van der Waals surface area contributed by atoms with Crippen molar-refractivity contribution in [2.45, 2.75) is 25.7 Å². The van der Waals surface area contributed by atoms with Crippen LogP contribution in [0.5, 0.6) is 0 Å². The lowest BCUT2D eigenvalue weighted by Crippen LogP contribution is -2.52. The van der Waals surface area contributed by atoms with E-state index in [2.05, 4.69) is 10.6 Å². The molecule has 0 radical (unpaired) electrons. The molecule has 0 aromatic rings. The van der Waals surface area contributed by atoms with Gasteiger partial charge in [-0.1, -0.05) is 12.8 Å². The highest BCUT2D eigenvalue weighted by atomic mass is 16.3. The van der Waals surface area contributed by atoms with Crippen LogP contribution in [0, 0.1) is 11.3 Å². The molecule has 0 bridgehead atoms. The molecule has 0 aromatic heterocycles. The maximum absolute atomic E-state index is 11.6. The topological polar surface area (TPSA) is 61.4 Å². The number of carbonyl (C=O) groups excluding carboxylic acids is 1. The van der Waals surface area contributed by atoms with Crippen molar-refractivity contribution < 1.29 is 9.90 Å². The Morgan fingerprint density at radius 3 is 2.53 bits per heavy atom. The van der Waals surface area contributed by atoms with Crippen LogP contribution in [0.1, 0.15) is 25.7 Å². The predicted molar refractivity (Wildman–Crippen MR) is 57.4 cm³/mol. The quantitative estimate of drug-likeness (QED) is 0.608. The summed E-state index contributed by atoms with van der Waals surface area (Å²) in [6.07, 6.45) is 4.46. The molecule has 0 spiro atoms. The summed E-state index contributed by atoms with van der Waals surface area (Å²) >= 11 is 0. The van der Waals surface area contributed by atoms with Crippen molar-refractivity contribution in [3.63, 3.8) is 0 Å². The fourth-order valence-electron chi connectivity index (χ4n) is 2.41. The van der Waals surface area contributed by atoms with Gasteiger partial charge in [0.25, 0.3) is 0 Å². The Morgan fingerprint density at radius 1 is 1.40 bits per heavy atom. The number of aliphatic hydroxyl groups is 1. The van der Waals surface area contributed by atoms with E-state index in [1.54, 1.807) is 0 Å². The van der Waals surface area contributed by atoms with Gasteiger partial charge in [0.05, 0.1) is 12.5 Å². The molecule has 4 nitrogen and oxygen atoms in total. The summed E-state index contributed by atoms with van der Waals surface area (Å²) in [5, 5.41) is 15.4. The van der Waals surface area contributed by atoms with Gasteiger partial charge in [0.2, 0.25) is 5.91 Å². The molecule has 2 rings (SSSR count). The molecule has 1 amide bonds. The minimum Gasteiger partial charge on any atom is -0.396 e. The molecular formula is C11H20N2O2.